The Morgan fingerprint density at radius 3 is 2.73 bits per heavy atom. The minimum absolute atomic E-state index is 0.0230. The first kappa shape index (κ1) is 21.9. The zero-order valence-electron chi connectivity index (χ0n) is 18.1. The molecule has 0 fully saturated rings. The molecule has 0 bridgehead atoms. The number of hydrazone groups is 1. The highest BCUT2D eigenvalue weighted by molar-refractivity contribution is 6.30. The monoisotopic (exact) mass is 425 g/mol. The molecule has 1 aliphatic rings. The molecule has 5 nitrogen and oxygen atoms in total. The van der Waals surface area contributed by atoms with Crippen LogP contribution in [-0.2, 0) is 4.79 Å². The Hall–Kier alpha value is -2.79. The number of anilines is 1. The summed E-state index contributed by atoms with van der Waals surface area (Å²) in [6.45, 7) is 11.6. The number of benzene rings is 2. The Balaban J connectivity index is 1.69. The van der Waals surface area contributed by atoms with E-state index in [-0.39, 0.29) is 18.1 Å². The standard InChI is InChI=1S/C24H28ClN3O2/c1-6-28-22-10-16(2)18(11-21(22)17(3)13-24(28,4)5)14-26-27-23(29)15-30-20-9-7-8-19(25)12-20/h7-14H,6,15H2,1-5H3,(H,27,29)/b26-14-. The second-order valence-corrected chi connectivity index (χ2v) is 8.43. The number of ether oxygens (including phenoxy) is 1. The molecule has 1 amide bonds. The van der Waals surface area contributed by atoms with Crippen molar-refractivity contribution in [1.82, 2.24) is 5.43 Å². The third kappa shape index (κ3) is 4.85. The number of aryl methyl sites for hydroxylation is 1. The molecule has 1 heterocycles. The van der Waals surface area contributed by atoms with Gasteiger partial charge in [-0.25, -0.2) is 5.43 Å². The van der Waals surface area contributed by atoms with Crippen LogP contribution in [0.15, 0.2) is 47.6 Å². The van der Waals surface area contributed by atoms with Crippen LogP contribution in [0.4, 0.5) is 5.69 Å². The summed E-state index contributed by atoms with van der Waals surface area (Å²) in [4.78, 5) is 14.4. The molecule has 0 aliphatic carbocycles. The van der Waals surface area contributed by atoms with E-state index in [1.54, 1.807) is 30.5 Å². The highest BCUT2D eigenvalue weighted by atomic mass is 35.5. The molecule has 0 spiro atoms. The lowest BCUT2D eigenvalue weighted by atomic mass is 9.87. The van der Waals surface area contributed by atoms with E-state index in [2.05, 4.69) is 68.3 Å². The minimum atomic E-state index is -0.336. The normalized spacial score (nSPS) is 15.0. The first-order chi connectivity index (χ1) is 14.2. The fourth-order valence-corrected chi connectivity index (χ4v) is 4.05. The Labute approximate surface area is 183 Å². The molecule has 3 rings (SSSR count). The van der Waals surface area contributed by atoms with Gasteiger partial charge in [-0.1, -0.05) is 23.7 Å². The molecule has 6 heteroatoms. The quantitative estimate of drug-likeness (QED) is 0.511. The van der Waals surface area contributed by atoms with Gasteiger partial charge in [0.15, 0.2) is 6.61 Å². The molecule has 1 N–H and O–H groups in total. The van der Waals surface area contributed by atoms with Crippen LogP contribution in [0.2, 0.25) is 5.02 Å². The van der Waals surface area contributed by atoms with Crippen molar-refractivity contribution in [2.24, 2.45) is 5.10 Å². The Morgan fingerprint density at radius 1 is 1.27 bits per heavy atom. The fraction of sp³-hybridized carbons (Fsp3) is 0.333. The molecular weight excluding hydrogens is 398 g/mol. The first-order valence-electron chi connectivity index (χ1n) is 10.0. The number of nitrogens with zero attached hydrogens (tertiary/aromatic N) is 2. The third-order valence-electron chi connectivity index (χ3n) is 5.24. The molecular formula is C24H28ClN3O2. The van der Waals surface area contributed by atoms with E-state index in [9.17, 15) is 4.79 Å². The van der Waals surface area contributed by atoms with Crippen LogP contribution in [0, 0.1) is 6.92 Å². The van der Waals surface area contributed by atoms with Crippen LogP contribution in [0.3, 0.4) is 0 Å². The fourth-order valence-electron chi connectivity index (χ4n) is 3.87. The van der Waals surface area contributed by atoms with Gasteiger partial charge in [0.1, 0.15) is 5.75 Å². The van der Waals surface area contributed by atoms with E-state index in [1.807, 2.05) is 0 Å². The van der Waals surface area contributed by atoms with Gasteiger partial charge in [-0.2, -0.15) is 5.10 Å². The number of amides is 1. The molecule has 1 aliphatic heterocycles. The maximum Gasteiger partial charge on any atom is 0.277 e. The van der Waals surface area contributed by atoms with Crippen molar-refractivity contribution in [2.45, 2.75) is 40.2 Å². The van der Waals surface area contributed by atoms with E-state index in [1.165, 1.54) is 16.8 Å². The minimum Gasteiger partial charge on any atom is -0.484 e. The molecule has 0 saturated carbocycles. The Morgan fingerprint density at radius 2 is 2.03 bits per heavy atom. The van der Waals surface area contributed by atoms with E-state index < -0.39 is 0 Å². The van der Waals surface area contributed by atoms with Gasteiger partial charge in [0.25, 0.3) is 5.91 Å². The maximum atomic E-state index is 12.0. The van der Waals surface area contributed by atoms with Gasteiger partial charge in [-0.3, -0.25) is 4.79 Å². The van der Waals surface area contributed by atoms with E-state index in [0.717, 1.165) is 17.7 Å². The molecule has 0 saturated heterocycles. The summed E-state index contributed by atoms with van der Waals surface area (Å²) in [5.74, 6) is 0.203. The molecule has 0 radical (unpaired) electrons. The number of rotatable bonds is 6. The van der Waals surface area contributed by atoms with Crippen LogP contribution in [0.1, 0.15) is 44.4 Å². The van der Waals surface area contributed by atoms with E-state index in [4.69, 9.17) is 16.3 Å². The van der Waals surface area contributed by atoms with Gasteiger partial charge in [0.2, 0.25) is 0 Å². The zero-order valence-corrected chi connectivity index (χ0v) is 18.9. The Bertz CT molecular complexity index is 1010. The van der Waals surface area contributed by atoms with Crippen LogP contribution < -0.4 is 15.1 Å². The number of fused-ring (bicyclic) bond motifs is 1. The number of halogens is 1. The number of nitrogens with one attached hydrogen (secondary N) is 1. The highest BCUT2D eigenvalue weighted by Gasteiger charge is 2.30. The summed E-state index contributed by atoms with van der Waals surface area (Å²) in [6.07, 6.45) is 3.97. The van der Waals surface area contributed by atoms with Gasteiger partial charge < -0.3 is 9.64 Å². The summed E-state index contributed by atoms with van der Waals surface area (Å²) in [6, 6.07) is 11.2. The summed E-state index contributed by atoms with van der Waals surface area (Å²) >= 11 is 5.91. The van der Waals surface area contributed by atoms with E-state index in [0.29, 0.717) is 10.8 Å². The number of carbonyl (C=O) groups is 1. The van der Waals surface area contributed by atoms with Crippen molar-refractivity contribution in [3.8, 4) is 5.75 Å². The highest BCUT2D eigenvalue weighted by Crippen LogP contribution is 2.39. The molecule has 30 heavy (non-hydrogen) atoms. The summed E-state index contributed by atoms with van der Waals surface area (Å²) in [7, 11) is 0. The lowest BCUT2D eigenvalue weighted by Crippen LogP contribution is -2.45. The predicted molar refractivity (Wildman–Crippen MR) is 125 cm³/mol. The molecule has 2 aromatic carbocycles. The van der Waals surface area contributed by atoms with Gasteiger partial charge in [0, 0.05) is 22.8 Å². The summed E-state index contributed by atoms with van der Waals surface area (Å²) in [5.41, 5.74) is 8.23. The van der Waals surface area contributed by atoms with Crippen molar-refractivity contribution < 1.29 is 9.53 Å². The number of likely N-dealkylation sites (N-methyl/N-ethyl adjacent to an activating group) is 1. The van der Waals surface area contributed by atoms with Crippen molar-refractivity contribution in [3.63, 3.8) is 0 Å². The molecule has 2 aromatic rings. The van der Waals surface area contributed by atoms with Crippen LogP contribution in [0.25, 0.3) is 5.57 Å². The van der Waals surface area contributed by atoms with Gasteiger partial charge in [-0.05, 0) is 81.7 Å². The third-order valence-corrected chi connectivity index (χ3v) is 5.48. The van der Waals surface area contributed by atoms with Crippen molar-refractivity contribution in [2.75, 3.05) is 18.1 Å². The molecule has 0 aromatic heterocycles. The molecule has 0 unspecified atom stereocenters. The maximum absolute atomic E-state index is 12.0. The lowest BCUT2D eigenvalue weighted by Gasteiger charge is -2.43. The second kappa shape index (κ2) is 8.92. The predicted octanol–water partition coefficient (Wildman–Crippen LogP) is 5.20. The number of hydrogen-bond donors (Lipinski definition) is 1. The SMILES string of the molecule is CCN1c2cc(C)c(/C=N\NC(=O)COc3cccc(Cl)c3)cc2C(C)=CC1(C)C. The van der Waals surface area contributed by atoms with Gasteiger partial charge in [-0.15, -0.1) is 0 Å². The summed E-state index contributed by atoms with van der Waals surface area (Å²) in [5, 5.41) is 4.67. The smallest absolute Gasteiger partial charge is 0.277 e. The van der Waals surface area contributed by atoms with Gasteiger partial charge >= 0.3 is 0 Å². The van der Waals surface area contributed by atoms with Crippen molar-refractivity contribution in [3.05, 3.63) is 64.2 Å². The first-order valence-corrected chi connectivity index (χ1v) is 10.4. The zero-order chi connectivity index (χ0) is 21.9. The van der Waals surface area contributed by atoms with Gasteiger partial charge in [0.05, 0.1) is 11.8 Å². The van der Waals surface area contributed by atoms with Crippen LogP contribution in [0.5, 0.6) is 5.75 Å². The number of carbonyl (C=O) groups excluding carboxylic acids is 1. The molecule has 0 atom stereocenters. The lowest BCUT2D eigenvalue weighted by molar-refractivity contribution is -0.123. The average molecular weight is 426 g/mol. The summed E-state index contributed by atoms with van der Waals surface area (Å²) < 4.78 is 5.42. The van der Waals surface area contributed by atoms with Crippen molar-refractivity contribution >= 4 is 35.0 Å². The Kier molecular flexibility index (Phi) is 6.52. The number of hydrogen-bond acceptors (Lipinski definition) is 4. The van der Waals surface area contributed by atoms with Crippen LogP contribution >= 0.6 is 11.6 Å². The van der Waals surface area contributed by atoms with E-state index >= 15 is 0 Å². The van der Waals surface area contributed by atoms with Crippen molar-refractivity contribution in [1.29, 1.82) is 0 Å². The average Bonchev–Trinajstić information content (AvgIpc) is 2.67. The topological polar surface area (TPSA) is 53.9 Å². The number of allylic oxidation sites excluding steroid dienone is 1. The van der Waals surface area contributed by atoms with Crippen LogP contribution in [-0.4, -0.2) is 30.8 Å². The second-order valence-electron chi connectivity index (χ2n) is 7.99. The molecule has 158 valence electrons. The largest absolute Gasteiger partial charge is 0.484 e.